The molecule has 1 aliphatic rings. The van der Waals surface area contributed by atoms with Gasteiger partial charge >= 0.3 is 6.03 Å². The largest absolute Gasteiger partial charge is 0.383 e. The van der Waals surface area contributed by atoms with Gasteiger partial charge in [0, 0.05) is 19.3 Å². The lowest BCUT2D eigenvalue weighted by Gasteiger charge is -2.21. The summed E-state index contributed by atoms with van der Waals surface area (Å²) in [6.07, 6.45) is -0.243. The number of carbonyl (C=O) groups is 3. The van der Waals surface area contributed by atoms with Crippen LogP contribution in [0.25, 0.3) is 0 Å². The molecule has 1 fully saturated rings. The number of urea groups is 1. The van der Waals surface area contributed by atoms with E-state index in [2.05, 4.69) is 5.32 Å². The number of benzene rings is 2. The maximum atomic E-state index is 13.3. The summed E-state index contributed by atoms with van der Waals surface area (Å²) in [5, 5.41) is 2.57. The van der Waals surface area contributed by atoms with Crippen molar-refractivity contribution in [3.05, 3.63) is 59.9 Å². The molecule has 1 N–H and O–H groups in total. The zero-order valence-corrected chi connectivity index (χ0v) is 16.2. The molecule has 1 atom stereocenters. The number of methoxy groups -OCH3 is 1. The molecule has 4 amide bonds. The third-order valence-electron chi connectivity index (χ3n) is 4.60. The summed E-state index contributed by atoms with van der Waals surface area (Å²) in [5.41, 5.74) is 1.64. The summed E-state index contributed by atoms with van der Waals surface area (Å²) in [6, 6.07) is 11.0. The van der Waals surface area contributed by atoms with Gasteiger partial charge in [-0.3, -0.25) is 9.59 Å². The average molecular weight is 399 g/mol. The van der Waals surface area contributed by atoms with E-state index in [0.29, 0.717) is 5.69 Å². The summed E-state index contributed by atoms with van der Waals surface area (Å²) in [4.78, 5) is 40.8. The fourth-order valence-electron chi connectivity index (χ4n) is 3.24. The van der Waals surface area contributed by atoms with Gasteiger partial charge in [-0.1, -0.05) is 18.2 Å². The van der Waals surface area contributed by atoms with Gasteiger partial charge in [-0.15, -0.1) is 0 Å². The number of halogens is 1. The number of rotatable bonds is 7. The third-order valence-corrected chi connectivity index (χ3v) is 4.60. The fourth-order valence-corrected chi connectivity index (χ4v) is 3.24. The highest BCUT2D eigenvalue weighted by Gasteiger charge is 2.46. The van der Waals surface area contributed by atoms with Gasteiger partial charge in [0.25, 0.3) is 5.91 Å². The topological polar surface area (TPSA) is 79.0 Å². The Morgan fingerprint density at radius 3 is 2.62 bits per heavy atom. The first-order chi connectivity index (χ1) is 13.9. The minimum absolute atomic E-state index is 0.168. The molecule has 2 aromatic carbocycles. The summed E-state index contributed by atoms with van der Waals surface area (Å²) >= 11 is 0. The predicted octanol–water partition coefficient (Wildman–Crippen LogP) is 2.95. The molecular weight excluding hydrogens is 377 g/mol. The van der Waals surface area contributed by atoms with E-state index in [1.165, 1.54) is 30.2 Å². The lowest BCUT2D eigenvalue weighted by atomic mass is 10.1. The van der Waals surface area contributed by atoms with Crippen LogP contribution in [0.5, 0.6) is 0 Å². The Morgan fingerprint density at radius 1 is 1.17 bits per heavy atom. The molecular formula is C21H22FN3O4. The summed E-state index contributed by atoms with van der Waals surface area (Å²) in [5.74, 6) is -1.45. The van der Waals surface area contributed by atoms with E-state index in [4.69, 9.17) is 4.74 Å². The molecule has 0 aromatic heterocycles. The van der Waals surface area contributed by atoms with Crippen molar-refractivity contribution in [2.75, 3.05) is 30.5 Å². The number of amides is 4. The Kier molecular flexibility index (Phi) is 6.23. The van der Waals surface area contributed by atoms with Crippen LogP contribution in [0.3, 0.4) is 0 Å². The van der Waals surface area contributed by atoms with E-state index < -0.39 is 29.7 Å². The highest BCUT2D eigenvalue weighted by Crippen LogP contribution is 2.27. The van der Waals surface area contributed by atoms with E-state index in [-0.39, 0.29) is 25.3 Å². The smallest absolute Gasteiger partial charge is 0.332 e. The average Bonchev–Trinajstić information content (AvgIpc) is 2.89. The van der Waals surface area contributed by atoms with Crippen LogP contribution >= 0.6 is 0 Å². The molecule has 0 spiro atoms. The van der Waals surface area contributed by atoms with Crippen LogP contribution in [0.2, 0.25) is 0 Å². The van der Waals surface area contributed by atoms with Crippen molar-refractivity contribution in [3.8, 4) is 0 Å². The minimum Gasteiger partial charge on any atom is -0.383 e. The number of anilines is 2. The third kappa shape index (κ3) is 4.60. The number of imide groups is 1. The van der Waals surface area contributed by atoms with Crippen LogP contribution in [0.1, 0.15) is 12.0 Å². The Bertz CT molecular complexity index is 934. The van der Waals surface area contributed by atoms with Crippen LogP contribution in [0.15, 0.2) is 48.5 Å². The molecule has 152 valence electrons. The second-order valence-corrected chi connectivity index (χ2v) is 6.76. The maximum absolute atomic E-state index is 13.3. The van der Waals surface area contributed by atoms with E-state index in [9.17, 15) is 18.8 Å². The van der Waals surface area contributed by atoms with E-state index >= 15 is 0 Å². The number of hydrogen-bond donors (Lipinski definition) is 1. The summed E-state index contributed by atoms with van der Waals surface area (Å²) in [6.45, 7) is 2.26. The molecule has 2 aromatic rings. The van der Waals surface area contributed by atoms with Crippen LogP contribution in [-0.2, 0) is 14.3 Å². The number of nitrogens with one attached hydrogen (secondary N) is 1. The molecule has 0 radical (unpaired) electrons. The first kappa shape index (κ1) is 20.5. The van der Waals surface area contributed by atoms with Gasteiger partial charge in [0.15, 0.2) is 0 Å². The highest BCUT2D eigenvalue weighted by atomic mass is 19.1. The minimum atomic E-state index is -0.966. The predicted molar refractivity (Wildman–Crippen MR) is 106 cm³/mol. The Labute approximate surface area is 168 Å². The summed E-state index contributed by atoms with van der Waals surface area (Å²) < 4.78 is 18.4. The number of aryl methyl sites for hydroxylation is 1. The second kappa shape index (κ2) is 8.83. The van der Waals surface area contributed by atoms with Gasteiger partial charge in [-0.2, -0.15) is 0 Å². The number of ether oxygens (including phenoxy) is 1. The Balaban J connectivity index is 1.81. The van der Waals surface area contributed by atoms with Crippen LogP contribution in [-0.4, -0.2) is 49.0 Å². The van der Waals surface area contributed by atoms with Crippen LogP contribution in [0, 0.1) is 12.7 Å². The fraction of sp³-hybridized carbons (Fsp3) is 0.286. The lowest BCUT2D eigenvalue weighted by Crippen LogP contribution is -2.39. The number of carbonyl (C=O) groups excluding carboxylic acids is 3. The number of nitrogens with zero attached hydrogens (tertiary/aromatic N) is 2. The standard InChI is InChI=1S/C21H22FN3O4/c1-14-5-3-8-17(11-14)25-20(27)18(24(21(25)28)9-10-29-2)13-19(26)23-16-7-4-6-15(22)12-16/h3-8,11-12,18H,9-10,13H2,1-2H3,(H,23,26)/t18-/m1/s1. The van der Waals surface area contributed by atoms with Crippen molar-refractivity contribution in [1.82, 2.24) is 4.90 Å². The second-order valence-electron chi connectivity index (χ2n) is 6.76. The van der Waals surface area contributed by atoms with Gasteiger partial charge in [-0.05, 0) is 42.8 Å². The van der Waals surface area contributed by atoms with Gasteiger partial charge in [0.1, 0.15) is 11.9 Å². The van der Waals surface area contributed by atoms with E-state index in [0.717, 1.165) is 10.5 Å². The van der Waals surface area contributed by atoms with Crippen molar-refractivity contribution in [2.45, 2.75) is 19.4 Å². The van der Waals surface area contributed by atoms with Crippen molar-refractivity contribution < 1.29 is 23.5 Å². The normalized spacial score (nSPS) is 16.4. The molecule has 8 heteroatoms. The van der Waals surface area contributed by atoms with Crippen molar-refractivity contribution in [3.63, 3.8) is 0 Å². The molecule has 7 nitrogen and oxygen atoms in total. The van der Waals surface area contributed by atoms with Crippen LogP contribution < -0.4 is 10.2 Å². The first-order valence-corrected chi connectivity index (χ1v) is 9.16. The van der Waals surface area contributed by atoms with Crippen LogP contribution in [0.4, 0.5) is 20.6 Å². The number of hydrogen-bond acceptors (Lipinski definition) is 4. The molecule has 1 heterocycles. The van der Waals surface area contributed by atoms with Gasteiger partial charge in [-0.25, -0.2) is 14.1 Å². The Hall–Kier alpha value is -3.26. The molecule has 0 saturated carbocycles. The van der Waals surface area contributed by atoms with E-state index in [1.807, 2.05) is 13.0 Å². The molecule has 0 aliphatic carbocycles. The van der Waals surface area contributed by atoms with Crippen molar-refractivity contribution in [1.29, 1.82) is 0 Å². The SMILES string of the molecule is COCCN1C(=O)N(c2cccc(C)c2)C(=O)[C@H]1CC(=O)Nc1cccc(F)c1. The van der Waals surface area contributed by atoms with Crippen molar-refractivity contribution in [2.24, 2.45) is 0 Å². The van der Waals surface area contributed by atoms with Gasteiger partial charge < -0.3 is 15.0 Å². The monoisotopic (exact) mass is 399 g/mol. The zero-order chi connectivity index (χ0) is 21.0. The molecule has 29 heavy (non-hydrogen) atoms. The molecule has 3 rings (SSSR count). The quantitative estimate of drug-likeness (QED) is 0.726. The highest BCUT2D eigenvalue weighted by molar-refractivity contribution is 6.22. The van der Waals surface area contributed by atoms with Gasteiger partial charge in [0.2, 0.25) is 5.91 Å². The van der Waals surface area contributed by atoms with Crippen molar-refractivity contribution >= 4 is 29.2 Å². The Morgan fingerprint density at radius 2 is 1.93 bits per heavy atom. The first-order valence-electron chi connectivity index (χ1n) is 9.16. The lowest BCUT2D eigenvalue weighted by molar-refractivity contribution is -0.124. The van der Waals surface area contributed by atoms with Gasteiger partial charge in [0.05, 0.1) is 18.7 Å². The zero-order valence-electron chi connectivity index (χ0n) is 16.2. The summed E-state index contributed by atoms with van der Waals surface area (Å²) in [7, 11) is 1.49. The molecule has 0 bridgehead atoms. The maximum Gasteiger partial charge on any atom is 0.332 e. The molecule has 1 aliphatic heterocycles. The van der Waals surface area contributed by atoms with E-state index in [1.54, 1.807) is 24.3 Å². The molecule has 1 saturated heterocycles. The molecule has 0 unspecified atom stereocenters.